The molecule has 2 aromatic carbocycles. The third-order valence-electron chi connectivity index (χ3n) is 2.69. The number of esters is 1. The van der Waals surface area contributed by atoms with Crippen LogP contribution in [0.1, 0.15) is 5.56 Å². The average Bonchev–Trinajstić information content (AvgIpc) is 2.43. The molecule has 0 unspecified atom stereocenters. The van der Waals surface area contributed by atoms with Crippen LogP contribution in [-0.2, 0) is 14.9 Å². The fraction of sp³-hybridized carbons (Fsp3) is 0.214. The molecule has 0 aliphatic rings. The van der Waals surface area contributed by atoms with Crippen LogP contribution in [0.2, 0.25) is 0 Å². The van der Waals surface area contributed by atoms with Gasteiger partial charge < -0.3 is 9.47 Å². The third-order valence-corrected chi connectivity index (χ3v) is 3.29. The molecular formula is C14H13BrO3. The van der Waals surface area contributed by atoms with E-state index >= 15 is 0 Å². The summed E-state index contributed by atoms with van der Waals surface area (Å²) in [7, 11) is 1.34. The van der Waals surface area contributed by atoms with Crippen molar-refractivity contribution in [2.45, 2.75) is 5.33 Å². The number of methoxy groups -OCH3 is 1. The Bertz CT molecular complexity index is 566. The second-order valence-electron chi connectivity index (χ2n) is 3.77. The molecule has 0 aliphatic heterocycles. The van der Waals surface area contributed by atoms with Crippen LogP contribution < -0.4 is 4.74 Å². The van der Waals surface area contributed by atoms with Gasteiger partial charge in [0.15, 0.2) is 6.61 Å². The van der Waals surface area contributed by atoms with E-state index in [9.17, 15) is 4.79 Å². The van der Waals surface area contributed by atoms with Crippen molar-refractivity contribution < 1.29 is 14.3 Å². The Kier molecular flexibility index (Phi) is 4.20. The summed E-state index contributed by atoms with van der Waals surface area (Å²) in [5, 5.41) is 2.90. The van der Waals surface area contributed by atoms with E-state index in [4.69, 9.17) is 4.74 Å². The highest BCUT2D eigenvalue weighted by Gasteiger charge is 2.07. The number of alkyl halides is 1. The smallest absolute Gasteiger partial charge is 0.343 e. The monoisotopic (exact) mass is 308 g/mol. The fourth-order valence-corrected chi connectivity index (χ4v) is 2.27. The maximum atomic E-state index is 11.1. The molecule has 3 nitrogen and oxygen atoms in total. The van der Waals surface area contributed by atoms with E-state index in [0.717, 1.165) is 16.1 Å². The minimum absolute atomic E-state index is 0.0752. The molecule has 0 aliphatic carbocycles. The van der Waals surface area contributed by atoms with Gasteiger partial charge >= 0.3 is 5.97 Å². The van der Waals surface area contributed by atoms with Gasteiger partial charge in [-0.15, -0.1) is 0 Å². The number of halogens is 1. The molecule has 0 heterocycles. The molecule has 0 radical (unpaired) electrons. The zero-order valence-electron chi connectivity index (χ0n) is 9.98. The standard InChI is InChI=1S/C14H13BrO3/c1-17-14(16)9-18-13-7-3-5-11-10(8-15)4-2-6-12(11)13/h2-7H,8-9H2,1H3. The Balaban J connectivity index is 2.36. The maximum absolute atomic E-state index is 11.1. The number of fused-ring (bicyclic) bond motifs is 1. The molecule has 0 aromatic heterocycles. The van der Waals surface area contributed by atoms with Gasteiger partial charge in [0.25, 0.3) is 0 Å². The summed E-state index contributed by atoms with van der Waals surface area (Å²) in [4.78, 5) is 11.1. The molecule has 0 bridgehead atoms. The number of ether oxygens (including phenoxy) is 2. The maximum Gasteiger partial charge on any atom is 0.343 e. The quantitative estimate of drug-likeness (QED) is 0.642. The minimum atomic E-state index is -0.386. The van der Waals surface area contributed by atoms with Crippen molar-refractivity contribution in [1.82, 2.24) is 0 Å². The van der Waals surface area contributed by atoms with E-state index in [1.165, 1.54) is 12.7 Å². The molecule has 0 spiro atoms. The van der Waals surface area contributed by atoms with E-state index < -0.39 is 0 Å². The molecular weight excluding hydrogens is 296 g/mol. The van der Waals surface area contributed by atoms with Gasteiger partial charge in [-0.05, 0) is 17.0 Å². The first-order valence-electron chi connectivity index (χ1n) is 5.52. The van der Waals surface area contributed by atoms with Gasteiger partial charge in [0.2, 0.25) is 0 Å². The summed E-state index contributed by atoms with van der Waals surface area (Å²) in [6.07, 6.45) is 0. The zero-order valence-corrected chi connectivity index (χ0v) is 11.6. The molecule has 0 amide bonds. The van der Waals surface area contributed by atoms with Crippen LogP contribution in [0.25, 0.3) is 10.8 Å². The number of rotatable bonds is 4. The largest absolute Gasteiger partial charge is 0.481 e. The number of carbonyl (C=O) groups is 1. The van der Waals surface area contributed by atoms with Crippen molar-refractivity contribution in [2.24, 2.45) is 0 Å². The molecule has 0 saturated carbocycles. The van der Waals surface area contributed by atoms with Gasteiger partial charge in [0, 0.05) is 10.7 Å². The number of carbonyl (C=O) groups excluding carboxylic acids is 1. The van der Waals surface area contributed by atoms with Gasteiger partial charge in [0.05, 0.1) is 7.11 Å². The summed E-state index contributed by atoms with van der Waals surface area (Å²) in [5.41, 5.74) is 1.19. The van der Waals surface area contributed by atoms with Crippen LogP contribution in [0.4, 0.5) is 0 Å². The Morgan fingerprint density at radius 2 is 1.89 bits per heavy atom. The first kappa shape index (κ1) is 12.9. The van der Waals surface area contributed by atoms with Crippen molar-refractivity contribution in [1.29, 1.82) is 0 Å². The van der Waals surface area contributed by atoms with Gasteiger partial charge in [0.1, 0.15) is 5.75 Å². The summed E-state index contributed by atoms with van der Waals surface area (Å²) in [6.45, 7) is -0.0752. The SMILES string of the molecule is COC(=O)COc1cccc2c(CBr)cccc12. The van der Waals surface area contributed by atoms with Crippen LogP contribution in [0.3, 0.4) is 0 Å². The Labute approximate surface area is 114 Å². The first-order chi connectivity index (χ1) is 8.76. The normalized spacial score (nSPS) is 10.3. The first-order valence-corrected chi connectivity index (χ1v) is 6.64. The molecule has 94 valence electrons. The van der Waals surface area contributed by atoms with E-state index in [1.54, 1.807) is 0 Å². The van der Waals surface area contributed by atoms with Crippen molar-refractivity contribution in [2.75, 3.05) is 13.7 Å². The van der Waals surface area contributed by atoms with Crippen LogP contribution in [0, 0.1) is 0 Å². The van der Waals surface area contributed by atoms with E-state index in [-0.39, 0.29) is 12.6 Å². The van der Waals surface area contributed by atoms with Crippen molar-refractivity contribution in [3.8, 4) is 5.75 Å². The van der Waals surface area contributed by atoms with Crippen LogP contribution >= 0.6 is 15.9 Å². The van der Waals surface area contributed by atoms with Gasteiger partial charge in [-0.3, -0.25) is 0 Å². The lowest BCUT2D eigenvalue weighted by molar-refractivity contribution is -0.142. The fourth-order valence-electron chi connectivity index (χ4n) is 1.78. The predicted octanol–water partition coefficient (Wildman–Crippen LogP) is 3.29. The van der Waals surface area contributed by atoms with E-state index in [2.05, 4.69) is 26.7 Å². The second-order valence-corrected chi connectivity index (χ2v) is 4.33. The zero-order chi connectivity index (χ0) is 13.0. The third kappa shape index (κ3) is 2.64. The lowest BCUT2D eigenvalue weighted by Gasteiger charge is -2.10. The average molecular weight is 309 g/mol. The summed E-state index contributed by atoms with van der Waals surface area (Å²) in [5.74, 6) is 0.310. The highest BCUT2D eigenvalue weighted by molar-refractivity contribution is 9.08. The molecule has 0 saturated heterocycles. The molecule has 2 aromatic rings. The van der Waals surface area contributed by atoms with Gasteiger partial charge in [-0.2, -0.15) is 0 Å². The molecule has 18 heavy (non-hydrogen) atoms. The van der Waals surface area contributed by atoms with Gasteiger partial charge in [-0.1, -0.05) is 46.3 Å². The molecule has 0 atom stereocenters. The van der Waals surface area contributed by atoms with E-state index in [0.29, 0.717) is 5.75 Å². The highest BCUT2D eigenvalue weighted by atomic mass is 79.9. The lowest BCUT2D eigenvalue weighted by Crippen LogP contribution is -2.12. The van der Waals surface area contributed by atoms with Crippen LogP contribution in [0.5, 0.6) is 5.75 Å². The van der Waals surface area contributed by atoms with Crippen molar-refractivity contribution >= 4 is 32.7 Å². The summed E-state index contributed by atoms with van der Waals surface area (Å²) >= 11 is 3.46. The molecule has 4 heteroatoms. The van der Waals surface area contributed by atoms with Crippen molar-refractivity contribution in [3.63, 3.8) is 0 Å². The molecule has 2 rings (SSSR count). The lowest BCUT2D eigenvalue weighted by atomic mass is 10.1. The Morgan fingerprint density at radius 1 is 1.17 bits per heavy atom. The van der Waals surface area contributed by atoms with Crippen LogP contribution in [-0.4, -0.2) is 19.7 Å². The van der Waals surface area contributed by atoms with Crippen LogP contribution in [0.15, 0.2) is 36.4 Å². The summed E-state index contributed by atoms with van der Waals surface area (Å²) in [6, 6.07) is 11.8. The minimum Gasteiger partial charge on any atom is -0.481 e. The second kappa shape index (κ2) is 5.87. The molecule has 0 fully saturated rings. The number of hydrogen-bond acceptors (Lipinski definition) is 3. The number of hydrogen-bond donors (Lipinski definition) is 0. The Morgan fingerprint density at radius 3 is 2.61 bits per heavy atom. The highest BCUT2D eigenvalue weighted by Crippen LogP contribution is 2.28. The van der Waals surface area contributed by atoms with Crippen molar-refractivity contribution in [3.05, 3.63) is 42.0 Å². The van der Waals surface area contributed by atoms with E-state index in [1.807, 2.05) is 30.3 Å². The summed E-state index contributed by atoms with van der Waals surface area (Å²) < 4.78 is 10.0. The topological polar surface area (TPSA) is 35.5 Å². The number of benzene rings is 2. The molecule has 0 N–H and O–H groups in total. The predicted molar refractivity (Wildman–Crippen MR) is 74.1 cm³/mol. The van der Waals surface area contributed by atoms with Gasteiger partial charge in [-0.25, -0.2) is 4.79 Å². The Hall–Kier alpha value is -1.55.